The second kappa shape index (κ2) is 14.0. The predicted molar refractivity (Wildman–Crippen MR) is 170 cm³/mol. The van der Waals surface area contributed by atoms with Gasteiger partial charge < -0.3 is 19.6 Å². The van der Waals surface area contributed by atoms with Crippen molar-refractivity contribution >= 4 is 43.3 Å². The van der Waals surface area contributed by atoms with Crippen LogP contribution in [0.25, 0.3) is 11.1 Å². The lowest BCUT2D eigenvalue weighted by Crippen LogP contribution is -2.40. The topological polar surface area (TPSA) is 96.9 Å². The van der Waals surface area contributed by atoms with Gasteiger partial charge in [-0.25, -0.2) is 4.79 Å². The number of halogens is 1. The summed E-state index contributed by atoms with van der Waals surface area (Å²) in [5.41, 5.74) is 4.64. The maximum Gasteiger partial charge on any atom is 0.409 e. The standard InChI is InChI=1S/C32H41ClN2O5Si/c1-32(2,3)41(5,6)40-21-24-19-26(33)28(20-29(24)39-4)34-30(36)15-11-10-12-22-16-17-25(23-13-8-7-9-14-23)27(18-22)35-31(37)38/h7-9,13-14,16-20,35H,10-12,15,21H2,1-6H3,(H,34,36)(H,37,38). The first-order valence-corrected chi connectivity index (χ1v) is 17.1. The number of anilines is 2. The van der Waals surface area contributed by atoms with Gasteiger partial charge in [-0.3, -0.25) is 10.1 Å². The monoisotopic (exact) mass is 596 g/mol. The van der Waals surface area contributed by atoms with E-state index in [1.807, 2.05) is 48.5 Å². The van der Waals surface area contributed by atoms with Crippen LogP contribution in [-0.2, 0) is 22.2 Å². The molecule has 0 aromatic heterocycles. The lowest BCUT2D eigenvalue weighted by Gasteiger charge is -2.36. The van der Waals surface area contributed by atoms with Crippen molar-refractivity contribution in [3.8, 4) is 16.9 Å². The Morgan fingerprint density at radius 2 is 1.66 bits per heavy atom. The van der Waals surface area contributed by atoms with Gasteiger partial charge in [0.15, 0.2) is 8.32 Å². The van der Waals surface area contributed by atoms with Crippen LogP contribution in [0.3, 0.4) is 0 Å². The van der Waals surface area contributed by atoms with Gasteiger partial charge in [0, 0.05) is 23.6 Å². The van der Waals surface area contributed by atoms with Gasteiger partial charge in [-0.1, -0.05) is 74.8 Å². The molecule has 0 atom stereocenters. The molecule has 0 unspecified atom stereocenters. The number of unbranched alkanes of at least 4 members (excludes halogenated alkanes) is 1. The van der Waals surface area contributed by atoms with Crippen molar-refractivity contribution < 1.29 is 23.9 Å². The molecule has 9 heteroatoms. The number of methoxy groups -OCH3 is 1. The molecule has 0 aliphatic heterocycles. The highest BCUT2D eigenvalue weighted by atomic mass is 35.5. The smallest absolute Gasteiger partial charge is 0.409 e. The highest BCUT2D eigenvalue weighted by molar-refractivity contribution is 6.74. The Balaban J connectivity index is 1.57. The Kier molecular flexibility index (Phi) is 11.0. The zero-order valence-corrected chi connectivity index (χ0v) is 26.5. The first kappa shape index (κ1) is 32.2. The van der Waals surface area contributed by atoms with Gasteiger partial charge in [-0.15, -0.1) is 0 Å². The van der Waals surface area contributed by atoms with Crippen LogP contribution in [0.15, 0.2) is 60.7 Å². The largest absolute Gasteiger partial charge is 0.496 e. The van der Waals surface area contributed by atoms with E-state index in [2.05, 4.69) is 44.5 Å². The van der Waals surface area contributed by atoms with E-state index in [-0.39, 0.29) is 10.9 Å². The van der Waals surface area contributed by atoms with E-state index < -0.39 is 14.4 Å². The first-order chi connectivity index (χ1) is 19.3. The molecule has 3 aromatic rings. The van der Waals surface area contributed by atoms with Crippen molar-refractivity contribution in [2.24, 2.45) is 0 Å². The van der Waals surface area contributed by atoms with Gasteiger partial charge in [0.1, 0.15) is 5.75 Å². The Morgan fingerprint density at radius 3 is 2.29 bits per heavy atom. The van der Waals surface area contributed by atoms with Crippen molar-refractivity contribution in [2.75, 3.05) is 17.7 Å². The van der Waals surface area contributed by atoms with E-state index in [1.54, 1.807) is 19.2 Å². The van der Waals surface area contributed by atoms with Crippen molar-refractivity contribution in [1.82, 2.24) is 0 Å². The number of ether oxygens (including phenoxy) is 1. The number of aryl methyl sites for hydroxylation is 1. The maximum atomic E-state index is 12.7. The Hall–Kier alpha value is -3.33. The predicted octanol–water partition coefficient (Wildman–Crippen LogP) is 8.98. The van der Waals surface area contributed by atoms with Crippen LogP contribution in [0.5, 0.6) is 5.75 Å². The molecule has 0 fully saturated rings. The fraction of sp³-hybridized carbons (Fsp3) is 0.375. The van der Waals surface area contributed by atoms with E-state index in [9.17, 15) is 14.7 Å². The SMILES string of the molecule is COc1cc(NC(=O)CCCCc2ccc(-c3ccccc3)c(NC(=O)O)c2)c(Cl)cc1CO[Si](C)(C)C(C)(C)C. The van der Waals surface area contributed by atoms with Gasteiger partial charge in [0.25, 0.3) is 0 Å². The van der Waals surface area contributed by atoms with Crippen molar-refractivity contribution in [3.63, 3.8) is 0 Å². The molecule has 0 saturated carbocycles. The molecular formula is C32H41ClN2O5Si. The van der Waals surface area contributed by atoms with Crippen LogP contribution < -0.4 is 15.4 Å². The van der Waals surface area contributed by atoms with Crippen LogP contribution in [-0.4, -0.2) is 32.5 Å². The number of rotatable bonds is 12. The molecule has 3 rings (SSSR count). The summed E-state index contributed by atoms with van der Waals surface area (Å²) in [6, 6.07) is 19.0. The average molecular weight is 597 g/mol. The summed E-state index contributed by atoms with van der Waals surface area (Å²) in [5, 5.41) is 15.2. The molecule has 3 aromatic carbocycles. The highest BCUT2D eigenvalue weighted by Gasteiger charge is 2.37. The second-order valence-corrected chi connectivity index (χ2v) is 16.8. The minimum absolute atomic E-state index is 0.0845. The summed E-state index contributed by atoms with van der Waals surface area (Å²) in [4.78, 5) is 24.1. The minimum atomic E-state index is -1.95. The molecule has 0 aliphatic carbocycles. The summed E-state index contributed by atoms with van der Waals surface area (Å²) >= 11 is 6.53. The van der Waals surface area contributed by atoms with Crippen molar-refractivity contribution in [2.45, 2.75) is 71.2 Å². The summed E-state index contributed by atoms with van der Waals surface area (Å²) in [5.74, 6) is 0.486. The van der Waals surface area contributed by atoms with E-state index in [0.29, 0.717) is 48.0 Å². The Labute approximate surface area is 249 Å². The van der Waals surface area contributed by atoms with Crippen LogP contribution in [0.1, 0.15) is 51.2 Å². The number of carboxylic acid groups (broad SMARTS) is 1. The summed E-state index contributed by atoms with van der Waals surface area (Å²) in [6.45, 7) is 11.4. The van der Waals surface area contributed by atoms with Crippen LogP contribution >= 0.6 is 11.6 Å². The van der Waals surface area contributed by atoms with Gasteiger partial charge in [-0.2, -0.15) is 0 Å². The molecule has 0 saturated heterocycles. The highest BCUT2D eigenvalue weighted by Crippen LogP contribution is 2.39. The van der Waals surface area contributed by atoms with Crippen LogP contribution in [0, 0.1) is 0 Å². The summed E-state index contributed by atoms with van der Waals surface area (Å²) in [7, 11) is -0.359. The third-order valence-electron chi connectivity index (χ3n) is 7.57. The fourth-order valence-electron chi connectivity index (χ4n) is 4.13. The zero-order chi connectivity index (χ0) is 30.2. The van der Waals surface area contributed by atoms with E-state index in [0.717, 1.165) is 28.7 Å². The molecule has 41 heavy (non-hydrogen) atoms. The normalized spacial score (nSPS) is 11.7. The molecule has 0 spiro atoms. The molecule has 0 aliphatic rings. The third kappa shape index (κ3) is 9.08. The Morgan fingerprint density at radius 1 is 0.951 bits per heavy atom. The van der Waals surface area contributed by atoms with Crippen molar-refractivity contribution in [1.29, 1.82) is 0 Å². The van der Waals surface area contributed by atoms with Crippen LogP contribution in [0.2, 0.25) is 23.2 Å². The number of nitrogens with one attached hydrogen (secondary N) is 2. The van der Waals surface area contributed by atoms with Gasteiger partial charge >= 0.3 is 6.09 Å². The fourth-order valence-corrected chi connectivity index (χ4v) is 5.31. The molecule has 220 valence electrons. The molecular weight excluding hydrogens is 556 g/mol. The number of amides is 2. The van der Waals surface area contributed by atoms with E-state index >= 15 is 0 Å². The minimum Gasteiger partial charge on any atom is -0.496 e. The number of hydrogen-bond donors (Lipinski definition) is 3. The van der Waals surface area contributed by atoms with Crippen LogP contribution in [0.4, 0.5) is 16.2 Å². The van der Waals surface area contributed by atoms with Crippen molar-refractivity contribution in [3.05, 3.63) is 76.8 Å². The quantitative estimate of drug-likeness (QED) is 0.143. The van der Waals surface area contributed by atoms with Gasteiger partial charge in [0.05, 0.1) is 30.1 Å². The lowest BCUT2D eigenvalue weighted by atomic mass is 9.99. The number of hydrogen-bond acceptors (Lipinski definition) is 4. The maximum absolute atomic E-state index is 12.7. The molecule has 7 nitrogen and oxygen atoms in total. The molecule has 0 bridgehead atoms. The lowest BCUT2D eigenvalue weighted by molar-refractivity contribution is -0.116. The third-order valence-corrected chi connectivity index (χ3v) is 12.4. The number of carbonyl (C=O) groups excluding carboxylic acids is 1. The number of carbonyl (C=O) groups is 2. The summed E-state index contributed by atoms with van der Waals surface area (Å²) in [6.07, 6.45) is 1.38. The zero-order valence-electron chi connectivity index (χ0n) is 24.8. The first-order valence-electron chi connectivity index (χ1n) is 13.8. The molecule has 3 N–H and O–H groups in total. The molecule has 0 radical (unpaired) electrons. The van der Waals surface area contributed by atoms with E-state index in [4.69, 9.17) is 20.8 Å². The Bertz CT molecular complexity index is 1360. The summed E-state index contributed by atoms with van der Waals surface area (Å²) < 4.78 is 11.9. The second-order valence-electron chi connectivity index (χ2n) is 11.6. The molecule has 0 heterocycles. The average Bonchev–Trinajstić information content (AvgIpc) is 2.91. The number of benzene rings is 3. The van der Waals surface area contributed by atoms with Gasteiger partial charge in [-0.05, 0) is 60.7 Å². The molecule has 2 amide bonds. The van der Waals surface area contributed by atoms with Gasteiger partial charge in [0.2, 0.25) is 5.91 Å². The van der Waals surface area contributed by atoms with E-state index in [1.165, 1.54) is 0 Å².